The summed E-state index contributed by atoms with van der Waals surface area (Å²) in [5, 5.41) is 13.7. The van der Waals surface area contributed by atoms with E-state index in [-0.39, 0.29) is 0 Å². The molecule has 0 saturated carbocycles. The first-order valence-electron chi connectivity index (χ1n) is 5.45. The van der Waals surface area contributed by atoms with Crippen LogP contribution in [0.5, 0.6) is 0 Å². The van der Waals surface area contributed by atoms with Crippen molar-refractivity contribution in [3.63, 3.8) is 0 Å². The average molecular weight is 259 g/mol. The Hall–Kier alpha value is -0.666. The van der Waals surface area contributed by atoms with Crippen LogP contribution in [0.3, 0.4) is 0 Å². The van der Waals surface area contributed by atoms with Crippen LogP contribution in [-0.2, 0) is 0 Å². The Morgan fingerprint density at radius 2 is 1.81 bits per heavy atom. The van der Waals surface area contributed by atoms with E-state index in [0.717, 1.165) is 0 Å². The summed E-state index contributed by atoms with van der Waals surface area (Å²) in [6.07, 6.45) is 1.78. The Balaban J connectivity index is 3.31. The quantitative estimate of drug-likeness (QED) is 0.625. The second-order valence-corrected chi connectivity index (χ2v) is 16.2. The molecule has 1 heterocycles. The van der Waals surface area contributed by atoms with E-state index in [9.17, 15) is 5.11 Å². The molecular weight excluding hydrogens is 236 g/mol. The number of guanidine groups is 1. The maximum Gasteiger partial charge on any atom is 0.290 e. The standard InChI is InChI=1S/C9H22N4OSi2/c1-15(2,3)9(14)12-8(10)11-7-13(9)16(4,5)6/h7,14H,1-6H3,(H2,10,12)/p+1. The Morgan fingerprint density at radius 1 is 1.31 bits per heavy atom. The van der Waals surface area contributed by atoms with E-state index in [2.05, 4.69) is 49.6 Å². The maximum atomic E-state index is 10.9. The van der Waals surface area contributed by atoms with Gasteiger partial charge in [0.2, 0.25) is 6.34 Å². The minimum atomic E-state index is -1.92. The second-order valence-electron chi connectivity index (χ2n) is 6.20. The van der Waals surface area contributed by atoms with Crippen molar-refractivity contribution in [2.24, 2.45) is 10.7 Å². The number of aliphatic imine (C=N–C) groups is 1. The third-order valence-electron chi connectivity index (χ3n) is 2.68. The van der Waals surface area contributed by atoms with Crippen LogP contribution < -0.4 is 11.1 Å². The molecule has 0 aromatic rings. The zero-order valence-corrected chi connectivity index (χ0v) is 13.0. The van der Waals surface area contributed by atoms with Gasteiger partial charge in [-0.25, -0.2) is 5.32 Å². The van der Waals surface area contributed by atoms with Crippen LogP contribution in [0.15, 0.2) is 4.99 Å². The molecule has 0 aromatic carbocycles. The highest BCUT2D eigenvalue weighted by Crippen LogP contribution is 2.28. The van der Waals surface area contributed by atoms with Crippen molar-refractivity contribution in [3.8, 4) is 0 Å². The lowest BCUT2D eigenvalue weighted by atomic mass is 10.8. The molecule has 0 saturated heterocycles. The molecule has 1 aliphatic rings. The van der Waals surface area contributed by atoms with Crippen LogP contribution in [-0.4, -0.2) is 43.4 Å². The van der Waals surface area contributed by atoms with E-state index in [1.54, 1.807) is 6.34 Å². The Bertz CT molecular complexity index is 354. The normalized spacial score (nSPS) is 26.9. The molecule has 5 nitrogen and oxygen atoms in total. The zero-order valence-electron chi connectivity index (χ0n) is 11.0. The highest BCUT2D eigenvalue weighted by Gasteiger charge is 2.54. The molecule has 0 radical (unpaired) electrons. The van der Waals surface area contributed by atoms with Crippen LogP contribution in [0, 0.1) is 0 Å². The van der Waals surface area contributed by atoms with Gasteiger partial charge in [0.25, 0.3) is 19.7 Å². The van der Waals surface area contributed by atoms with Crippen LogP contribution in [0.4, 0.5) is 0 Å². The van der Waals surface area contributed by atoms with Crippen molar-refractivity contribution in [3.05, 3.63) is 0 Å². The van der Waals surface area contributed by atoms with Gasteiger partial charge in [-0.3, -0.25) is 4.24 Å². The minimum absolute atomic E-state index is 0.291. The monoisotopic (exact) mass is 259 g/mol. The Labute approximate surface area is 99.2 Å². The molecule has 16 heavy (non-hydrogen) atoms. The first-order valence-corrected chi connectivity index (χ1v) is 12.4. The van der Waals surface area contributed by atoms with Gasteiger partial charge in [-0.15, -0.1) is 0 Å². The third-order valence-corrected chi connectivity index (χ3v) is 7.16. The van der Waals surface area contributed by atoms with Gasteiger partial charge in [0, 0.05) is 0 Å². The summed E-state index contributed by atoms with van der Waals surface area (Å²) in [7, 11) is -3.61. The summed E-state index contributed by atoms with van der Waals surface area (Å²) in [4.78, 5) is 4.26. The molecule has 0 bridgehead atoms. The number of nitrogens with two attached hydrogens (primary N) is 1. The summed E-state index contributed by atoms with van der Waals surface area (Å²) in [5.41, 5.74) is 4.54. The number of hydrogen-bond acceptors (Lipinski definition) is 4. The predicted molar refractivity (Wildman–Crippen MR) is 72.7 cm³/mol. The largest absolute Gasteiger partial charge is 0.350 e. The molecule has 0 aliphatic carbocycles. The van der Waals surface area contributed by atoms with Crippen molar-refractivity contribution < 1.29 is 9.35 Å². The predicted octanol–water partition coefficient (Wildman–Crippen LogP) is 0.304. The highest BCUT2D eigenvalue weighted by molar-refractivity contribution is 6.79. The van der Waals surface area contributed by atoms with Gasteiger partial charge in [0.05, 0.1) is 0 Å². The number of nitrogens with one attached hydrogen (secondary N) is 1. The average Bonchev–Trinajstić information content (AvgIpc) is 1.98. The lowest BCUT2D eigenvalue weighted by molar-refractivity contribution is -0.529. The molecular formula is C9H23N4OSi2+. The van der Waals surface area contributed by atoms with Crippen molar-refractivity contribution >= 4 is 28.6 Å². The number of aliphatic hydroxyl groups is 1. The van der Waals surface area contributed by atoms with Gasteiger partial charge in [-0.1, -0.05) is 19.6 Å². The topological polar surface area (TPSA) is 73.7 Å². The fourth-order valence-corrected chi connectivity index (χ4v) is 6.36. The van der Waals surface area contributed by atoms with Gasteiger partial charge in [-0.05, 0) is 19.6 Å². The van der Waals surface area contributed by atoms with E-state index in [4.69, 9.17) is 5.73 Å². The third kappa shape index (κ3) is 2.20. The number of rotatable bonds is 2. The number of hydrogen-bond donors (Lipinski definition) is 3. The lowest BCUT2D eigenvalue weighted by Crippen LogP contribution is -2.68. The summed E-state index contributed by atoms with van der Waals surface area (Å²) in [6, 6.07) is 0. The van der Waals surface area contributed by atoms with Crippen LogP contribution in [0.2, 0.25) is 39.3 Å². The molecule has 7 heteroatoms. The van der Waals surface area contributed by atoms with Crippen molar-refractivity contribution in [2.45, 2.75) is 44.8 Å². The molecule has 1 rings (SSSR count). The first kappa shape index (κ1) is 13.4. The molecule has 0 spiro atoms. The Morgan fingerprint density at radius 3 is 2.19 bits per heavy atom. The summed E-state index contributed by atoms with van der Waals surface area (Å²) in [6.45, 7) is 12.8. The number of nitrogens with zero attached hydrogens (tertiary/aromatic N) is 2. The smallest absolute Gasteiger partial charge is 0.290 e. The lowest BCUT2D eigenvalue weighted by Gasteiger charge is -2.41. The van der Waals surface area contributed by atoms with E-state index in [0.29, 0.717) is 5.96 Å². The molecule has 0 amide bonds. The molecule has 0 aromatic heterocycles. The van der Waals surface area contributed by atoms with Crippen molar-refractivity contribution in [1.29, 1.82) is 0 Å². The van der Waals surface area contributed by atoms with E-state index < -0.39 is 21.8 Å². The maximum absolute atomic E-state index is 10.9. The van der Waals surface area contributed by atoms with Crippen LogP contribution >= 0.6 is 0 Å². The van der Waals surface area contributed by atoms with Gasteiger partial charge in [-0.2, -0.15) is 4.99 Å². The first-order chi connectivity index (χ1) is 6.98. The second kappa shape index (κ2) is 3.67. The van der Waals surface area contributed by atoms with Crippen molar-refractivity contribution in [1.82, 2.24) is 5.32 Å². The zero-order chi connectivity index (χ0) is 12.8. The fraction of sp³-hybridized carbons (Fsp3) is 0.778. The Kier molecular flexibility index (Phi) is 3.08. The minimum Gasteiger partial charge on any atom is -0.350 e. The van der Waals surface area contributed by atoms with Crippen LogP contribution in [0.1, 0.15) is 0 Å². The SMILES string of the molecule is C[Si](C)(C)[N+]1=CNC(N)=NC1(O)[Si](C)(C)C. The fourth-order valence-electron chi connectivity index (χ4n) is 1.67. The molecule has 4 N–H and O–H groups in total. The summed E-state index contributed by atoms with van der Waals surface area (Å²) in [5.74, 6) is 0.291. The van der Waals surface area contributed by atoms with Gasteiger partial charge < -0.3 is 10.8 Å². The van der Waals surface area contributed by atoms with Gasteiger partial charge in [0.1, 0.15) is 0 Å². The molecule has 1 atom stereocenters. The molecule has 1 unspecified atom stereocenters. The summed E-state index contributed by atoms with van der Waals surface area (Å²) < 4.78 is 1.99. The summed E-state index contributed by atoms with van der Waals surface area (Å²) >= 11 is 0. The van der Waals surface area contributed by atoms with E-state index >= 15 is 0 Å². The van der Waals surface area contributed by atoms with Crippen molar-refractivity contribution in [2.75, 3.05) is 0 Å². The van der Waals surface area contributed by atoms with E-state index in [1.807, 2.05) is 4.24 Å². The highest BCUT2D eigenvalue weighted by atomic mass is 28.3. The van der Waals surface area contributed by atoms with Gasteiger partial charge in [0.15, 0.2) is 8.07 Å². The molecule has 0 fully saturated rings. The van der Waals surface area contributed by atoms with E-state index in [1.165, 1.54) is 0 Å². The molecule has 1 aliphatic heterocycles. The van der Waals surface area contributed by atoms with Gasteiger partial charge >= 0.3 is 0 Å². The molecule has 92 valence electrons. The van der Waals surface area contributed by atoms with Crippen LogP contribution in [0.25, 0.3) is 0 Å².